The molecule has 2 aliphatic heterocycles. The molecule has 3 nitrogen and oxygen atoms in total. The Morgan fingerprint density at radius 1 is 1.55 bits per heavy atom. The number of amides is 1. The van der Waals surface area contributed by atoms with E-state index >= 15 is 0 Å². The van der Waals surface area contributed by atoms with Crippen LogP contribution in [0.3, 0.4) is 0 Å². The number of hydrogen-bond acceptors (Lipinski definition) is 2. The van der Waals surface area contributed by atoms with Crippen molar-refractivity contribution in [3.05, 3.63) is 0 Å². The van der Waals surface area contributed by atoms with E-state index < -0.39 is 5.60 Å². The Kier molecular flexibility index (Phi) is 1.42. The van der Waals surface area contributed by atoms with Gasteiger partial charge in [0.2, 0.25) is 0 Å². The molecule has 0 aliphatic carbocycles. The second-order valence-electron chi connectivity index (χ2n) is 3.48. The zero-order chi connectivity index (χ0) is 7.90. The molecule has 1 atom stereocenters. The van der Waals surface area contributed by atoms with Gasteiger partial charge in [-0.3, -0.25) is 4.79 Å². The molecule has 0 bridgehead atoms. The van der Waals surface area contributed by atoms with Gasteiger partial charge in [-0.15, -0.1) is 0 Å². The maximum Gasteiger partial charge on any atom is 0.254 e. The highest BCUT2D eigenvalue weighted by molar-refractivity contribution is 5.86. The van der Waals surface area contributed by atoms with Crippen LogP contribution in [0.4, 0.5) is 0 Å². The molecule has 11 heavy (non-hydrogen) atoms. The van der Waals surface area contributed by atoms with Gasteiger partial charge < -0.3 is 9.64 Å². The van der Waals surface area contributed by atoms with Crippen LogP contribution in [0.15, 0.2) is 0 Å². The van der Waals surface area contributed by atoms with Crippen LogP contribution in [-0.2, 0) is 9.53 Å². The van der Waals surface area contributed by atoms with Gasteiger partial charge in [0.25, 0.3) is 5.91 Å². The van der Waals surface area contributed by atoms with Crippen LogP contribution in [0, 0.1) is 0 Å². The van der Waals surface area contributed by atoms with E-state index in [0.717, 1.165) is 32.5 Å². The molecule has 1 unspecified atom stereocenters. The van der Waals surface area contributed by atoms with Crippen molar-refractivity contribution in [1.82, 2.24) is 4.90 Å². The Labute approximate surface area is 66.3 Å². The van der Waals surface area contributed by atoms with E-state index in [1.165, 1.54) is 0 Å². The summed E-state index contributed by atoms with van der Waals surface area (Å²) in [5.74, 6) is 0.190. The Morgan fingerprint density at radius 3 is 2.73 bits per heavy atom. The predicted octanol–water partition coefficient (Wildman–Crippen LogP) is 0.398. The molecule has 0 N–H and O–H groups in total. The Morgan fingerprint density at radius 2 is 2.27 bits per heavy atom. The molecule has 2 saturated heterocycles. The Hall–Kier alpha value is -0.570. The van der Waals surface area contributed by atoms with Gasteiger partial charge in [-0.2, -0.15) is 0 Å². The minimum Gasteiger partial charge on any atom is -0.365 e. The van der Waals surface area contributed by atoms with Gasteiger partial charge in [0.1, 0.15) is 5.60 Å². The highest BCUT2D eigenvalue weighted by Crippen LogP contribution is 2.28. The molecule has 2 aliphatic rings. The van der Waals surface area contributed by atoms with E-state index in [1.807, 2.05) is 11.8 Å². The van der Waals surface area contributed by atoms with Gasteiger partial charge in [-0.1, -0.05) is 0 Å². The van der Waals surface area contributed by atoms with Crippen molar-refractivity contribution in [2.75, 3.05) is 19.7 Å². The second-order valence-corrected chi connectivity index (χ2v) is 3.48. The topological polar surface area (TPSA) is 29.3 Å². The number of hydrogen-bond donors (Lipinski definition) is 0. The van der Waals surface area contributed by atoms with Crippen molar-refractivity contribution in [1.29, 1.82) is 0 Å². The molecular weight excluding hydrogens is 142 g/mol. The minimum absolute atomic E-state index is 0.190. The first kappa shape index (κ1) is 7.10. The van der Waals surface area contributed by atoms with Crippen LogP contribution < -0.4 is 0 Å². The zero-order valence-corrected chi connectivity index (χ0v) is 6.80. The van der Waals surface area contributed by atoms with Crippen molar-refractivity contribution in [2.45, 2.75) is 25.4 Å². The van der Waals surface area contributed by atoms with Crippen molar-refractivity contribution >= 4 is 5.91 Å². The summed E-state index contributed by atoms with van der Waals surface area (Å²) >= 11 is 0. The van der Waals surface area contributed by atoms with Crippen LogP contribution in [0.25, 0.3) is 0 Å². The predicted molar refractivity (Wildman–Crippen MR) is 40.2 cm³/mol. The Bertz CT molecular complexity index is 181. The van der Waals surface area contributed by atoms with E-state index in [-0.39, 0.29) is 5.91 Å². The van der Waals surface area contributed by atoms with Crippen molar-refractivity contribution in [3.8, 4) is 0 Å². The summed E-state index contributed by atoms with van der Waals surface area (Å²) in [6.45, 7) is 4.51. The summed E-state index contributed by atoms with van der Waals surface area (Å²) in [5.41, 5.74) is -0.476. The van der Waals surface area contributed by atoms with Crippen LogP contribution in [0.1, 0.15) is 19.8 Å². The lowest BCUT2D eigenvalue weighted by Crippen LogP contribution is -2.39. The molecule has 3 heteroatoms. The first-order chi connectivity index (χ1) is 5.22. The minimum atomic E-state index is -0.476. The maximum absolute atomic E-state index is 11.5. The number of nitrogens with zero attached hydrogens (tertiary/aromatic N) is 1. The SMILES string of the molecule is CC1(C(=O)N2CC2)CCCO1. The monoisotopic (exact) mass is 155 g/mol. The van der Waals surface area contributed by atoms with Crippen LogP contribution in [-0.4, -0.2) is 36.1 Å². The first-order valence-electron chi connectivity index (χ1n) is 4.16. The van der Waals surface area contributed by atoms with Crippen LogP contribution >= 0.6 is 0 Å². The van der Waals surface area contributed by atoms with Crippen molar-refractivity contribution in [2.24, 2.45) is 0 Å². The molecule has 0 aromatic heterocycles. The average molecular weight is 155 g/mol. The molecule has 0 radical (unpaired) electrons. The van der Waals surface area contributed by atoms with E-state index in [1.54, 1.807) is 0 Å². The largest absolute Gasteiger partial charge is 0.365 e. The lowest BCUT2D eigenvalue weighted by Gasteiger charge is -2.21. The van der Waals surface area contributed by atoms with Crippen molar-refractivity contribution < 1.29 is 9.53 Å². The summed E-state index contributed by atoms with van der Waals surface area (Å²) in [6.07, 6.45) is 1.92. The van der Waals surface area contributed by atoms with Crippen LogP contribution in [0.2, 0.25) is 0 Å². The normalized spacial score (nSPS) is 35.9. The number of rotatable bonds is 1. The summed E-state index contributed by atoms with van der Waals surface area (Å²) in [6, 6.07) is 0. The fraction of sp³-hybridized carbons (Fsp3) is 0.875. The fourth-order valence-corrected chi connectivity index (χ4v) is 1.54. The zero-order valence-electron chi connectivity index (χ0n) is 6.80. The molecule has 2 rings (SSSR count). The first-order valence-corrected chi connectivity index (χ1v) is 4.16. The van der Waals surface area contributed by atoms with E-state index in [4.69, 9.17) is 4.74 Å². The van der Waals surface area contributed by atoms with Gasteiger partial charge in [-0.25, -0.2) is 0 Å². The van der Waals surface area contributed by atoms with Gasteiger partial charge in [0.05, 0.1) is 0 Å². The van der Waals surface area contributed by atoms with Gasteiger partial charge in [-0.05, 0) is 19.8 Å². The van der Waals surface area contributed by atoms with Gasteiger partial charge >= 0.3 is 0 Å². The van der Waals surface area contributed by atoms with Gasteiger partial charge in [0, 0.05) is 19.7 Å². The average Bonchev–Trinajstić information content (AvgIpc) is 2.74. The molecule has 1 amide bonds. The molecule has 0 aromatic rings. The second kappa shape index (κ2) is 2.21. The molecular formula is C8H13NO2. The molecule has 2 heterocycles. The lowest BCUT2D eigenvalue weighted by atomic mass is 10.0. The highest BCUT2D eigenvalue weighted by Gasteiger charge is 2.43. The molecule has 2 fully saturated rings. The smallest absolute Gasteiger partial charge is 0.254 e. The standard InChI is InChI=1S/C8H13NO2/c1-8(3-2-6-11-8)7(10)9-4-5-9/h2-6H2,1H3. The number of carbonyl (C=O) groups is 1. The number of ether oxygens (including phenoxy) is 1. The van der Waals surface area contributed by atoms with Crippen LogP contribution in [0.5, 0.6) is 0 Å². The molecule has 0 aromatic carbocycles. The third-order valence-corrected chi connectivity index (χ3v) is 2.41. The fourth-order valence-electron chi connectivity index (χ4n) is 1.54. The maximum atomic E-state index is 11.5. The molecule has 0 saturated carbocycles. The number of carbonyl (C=O) groups excluding carboxylic acids is 1. The van der Waals surface area contributed by atoms with Crippen molar-refractivity contribution in [3.63, 3.8) is 0 Å². The Balaban J connectivity index is 2.05. The van der Waals surface area contributed by atoms with E-state index in [0.29, 0.717) is 0 Å². The third kappa shape index (κ3) is 1.13. The van der Waals surface area contributed by atoms with E-state index in [2.05, 4.69) is 0 Å². The van der Waals surface area contributed by atoms with E-state index in [9.17, 15) is 4.79 Å². The summed E-state index contributed by atoms with van der Waals surface area (Å²) in [7, 11) is 0. The quantitative estimate of drug-likeness (QED) is 0.513. The summed E-state index contributed by atoms with van der Waals surface area (Å²) < 4.78 is 5.41. The highest BCUT2D eigenvalue weighted by atomic mass is 16.5. The summed E-state index contributed by atoms with van der Waals surface area (Å²) in [4.78, 5) is 13.4. The molecule has 0 spiro atoms. The van der Waals surface area contributed by atoms with Gasteiger partial charge in [0.15, 0.2) is 0 Å². The third-order valence-electron chi connectivity index (χ3n) is 2.41. The summed E-state index contributed by atoms with van der Waals surface area (Å²) in [5, 5.41) is 0. The molecule has 62 valence electrons. The lowest BCUT2D eigenvalue weighted by molar-refractivity contribution is -0.144.